The van der Waals surface area contributed by atoms with E-state index in [4.69, 9.17) is 0 Å². The molecule has 2 fully saturated rings. The molecule has 2 rings (SSSR count). The summed E-state index contributed by atoms with van der Waals surface area (Å²) in [6.07, 6.45) is 2.49. The van der Waals surface area contributed by atoms with Crippen LogP contribution < -0.4 is 5.32 Å². The summed E-state index contributed by atoms with van der Waals surface area (Å²) >= 11 is 3.53. The minimum absolute atomic E-state index is 0.155. The summed E-state index contributed by atoms with van der Waals surface area (Å²) in [6, 6.07) is 0. The summed E-state index contributed by atoms with van der Waals surface area (Å²) in [7, 11) is 0. The summed E-state index contributed by atoms with van der Waals surface area (Å²) < 4.78 is 0. The lowest BCUT2D eigenvalue weighted by Crippen LogP contribution is -2.33. The molecule has 2 nitrogen and oxygen atoms in total. The van der Waals surface area contributed by atoms with Crippen molar-refractivity contribution >= 4 is 21.8 Å². The molecule has 3 heteroatoms. The van der Waals surface area contributed by atoms with E-state index in [1.54, 1.807) is 0 Å². The van der Waals surface area contributed by atoms with Gasteiger partial charge in [0.2, 0.25) is 5.91 Å². The molecule has 0 bridgehead atoms. The first-order chi connectivity index (χ1) is 7.27. The Morgan fingerprint density at radius 2 is 1.75 bits per heavy atom. The van der Waals surface area contributed by atoms with Crippen molar-refractivity contribution in [2.75, 3.05) is 11.9 Å². The molecular formula is C13H22BrNO. The number of hydrogen-bond donors (Lipinski definition) is 1. The zero-order valence-electron chi connectivity index (χ0n) is 10.7. The number of rotatable bonds is 4. The molecule has 0 atom stereocenters. The molecule has 1 N–H and O–H groups in total. The van der Waals surface area contributed by atoms with Crippen molar-refractivity contribution in [1.82, 2.24) is 5.32 Å². The topological polar surface area (TPSA) is 29.1 Å². The molecule has 2 saturated carbocycles. The molecule has 1 amide bonds. The monoisotopic (exact) mass is 287 g/mol. The van der Waals surface area contributed by atoms with Gasteiger partial charge in [0.05, 0.1) is 0 Å². The molecule has 0 aromatic rings. The molecule has 0 aromatic heterocycles. The van der Waals surface area contributed by atoms with E-state index >= 15 is 0 Å². The standard InChI is InChI=1S/C13H22BrNO/c1-11(2)9(12(11,3)4)10(16)15-8-13(7-14)5-6-13/h9H,5-8H2,1-4H3,(H,15,16). The van der Waals surface area contributed by atoms with Crippen molar-refractivity contribution in [3.63, 3.8) is 0 Å². The van der Waals surface area contributed by atoms with E-state index in [1.807, 2.05) is 0 Å². The minimum Gasteiger partial charge on any atom is -0.355 e. The van der Waals surface area contributed by atoms with Crippen LogP contribution in [-0.2, 0) is 4.79 Å². The third kappa shape index (κ3) is 1.71. The highest BCUT2D eigenvalue weighted by molar-refractivity contribution is 9.09. The zero-order valence-corrected chi connectivity index (χ0v) is 12.3. The lowest BCUT2D eigenvalue weighted by Gasteiger charge is -2.13. The number of hydrogen-bond acceptors (Lipinski definition) is 1. The number of amides is 1. The van der Waals surface area contributed by atoms with E-state index in [0.29, 0.717) is 5.41 Å². The van der Waals surface area contributed by atoms with Gasteiger partial charge in [-0.2, -0.15) is 0 Å². The zero-order chi connectivity index (χ0) is 12.2. The minimum atomic E-state index is 0.155. The molecule has 0 saturated heterocycles. The van der Waals surface area contributed by atoms with E-state index in [0.717, 1.165) is 11.9 Å². The molecule has 2 aliphatic rings. The SMILES string of the molecule is CC1(C)C(C(=O)NCC2(CBr)CC2)C1(C)C. The Bertz CT molecular complexity index is 304. The van der Waals surface area contributed by atoms with Crippen molar-refractivity contribution in [1.29, 1.82) is 0 Å². The van der Waals surface area contributed by atoms with Gasteiger partial charge in [-0.3, -0.25) is 4.79 Å². The summed E-state index contributed by atoms with van der Waals surface area (Å²) in [4.78, 5) is 12.1. The van der Waals surface area contributed by atoms with Crippen LogP contribution in [0.1, 0.15) is 40.5 Å². The molecule has 16 heavy (non-hydrogen) atoms. The van der Waals surface area contributed by atoms with Gasteiger partial charge < -0.3 is 5.32 Å². The van der Waals surface area contributed by atoms with E-state index in [9.17, 15) is 4.79 Å². The van der Waals surface area contributed by atoms with Crippen molar-refractivity contribution in [2.45, 2.75) is 40.5 Å². The summed E-state index contributed by atoms with van der Waals surface area (Å²) in [6.45, 7) is 9.60. The fourth-order valence-electron chi connectivity index (χ4n) is 2.76. The Kier molecular flexibility index (Phi) is 2.69. The fraction of sp³-hybridized carbons (Fsp3) is 0.923. The number of carbonyl (C=O) groups is 1. The van der Waals surface area contributed by atoms with E-state index in [-0.39, 0.29) is 22.7 Å². The third-order valence-corrected chi connectivity index (χ3v) is 6.35. The fourth-order valence-corrected chi connectivity index (χ4v) is 3.52. The smallest absolute Gasteiger partial charge is 0.224 e. The molecule has 0 aliphatic heterocycles. The van der Waals surface area contributed by atoms with Crippen molar-refractivity contribution < 1.29 is 4.79 Å². The molecule has 0 spiro atoms. The maximum absolute atomic E-state index is 12.1. The molecule has 0 heterocycles. The van der Waals surface area contributed by atoms with Gasteiger partial charge in [0.25, 0.3) is 0 Å². The molecule has 92 valence electrons. The first-order valence-corrected chi connectivity index (χ1v) is 7.23. The predicted molar refractivity (Wildman–Crippen MR) is 69.5 cm³/mol. The summed E-state index contributed by atoms with van der Waals surface area (Å²) in [5.41, 5.74) is 0.684. The van der Waals surface area contributed by atoms with Crippen molar-refractivity contribution in [3.8, 4) is 0 Å². The van der Waals surface area contributed by atoms with Crippen LogP contribution in [0.2, 0.25) is 0 Å². The molecule has 2 aliphatic carbocycles. The normalized spacial score (nSPS) is 28.6. The molecule has 0 aromatic carbocycles. The Balaban J connectivity index is 1.87. The first kappa shape index (κ1) is 12.4. The third-order valence-electron chi connectivity index (χ3n) is 5.16. The van der Waals surface area contributed by atoms with E-state index in [2.05, 4.69) is 48.9 Å². The van der Waals surface area contributed by atoms with Crippen molar-refractivity contribution in [3.05, 3.63) is 0 Å². The average Bonchev–Trinajstić information content (AvgIpc) is 3.02. The van der Waals surface area contributed by atoms with E-state index in [1.165, 1.54) is 12.8 Å². The highest BCUT2D eigenvalue weighted by Gasteiger charge is 2.68. The number of carbonyl (C=O) groups excluding carboxylic acids is 1. The quantitative estimate of drug-likeness (QED) is 0.792. The summed E-state index contributed by atoms with van der Waals surface area (Å²) in [5, 5.41) is 4.15. The van der Waals surface area contributed by atoms with Gasteiger partial charge >= 0.3 is 0 Å². The van der Waals surface area contributed by atoms with Crippen LogP contribution in [0.4, 0.5) is 0 Å². The first-order valence-electron chi connectivity index (χ1n) is 6.11. The number of halogens is 1. The second-order valence-corrected chi connectivity index (χ2v) is 7.29. The second kappa shape index (κ2) is 3.47. The number of nitrogens with one attached hydrogen (secondary N) is 1. The predicted octanol–water partition coefficient (Wildman–Crippen LogP) is 2.96. The lowest BCUT2D eigenvalue weighted by atomic mass is 10.0. The Hall–Kier alpha value is -0.0500. The highest BCUT2D eigenvalue weighted by Crippen LogP contribution is 2.68. The lowest BCUT2D eigenvalue weighted by molar-refractivity contribution is -0.123. The maximum Gasteiger partial charge on any atom is 0.224 e. The molecule has 0 radical (unpaired) electrons. The van der Waals surface area contributed by atoms with Gasteiger partial charge in [-0.25, -0.2) is 0 Å². The van der Waals surface area contributed by atoms with Crippen LogP contribution in [-0.4, -0.2) is 17.8 Å². The number of alkyl halides is 1. The molecular weight excluding hydrogens is 266 g/mol. The molecule has 0 unspecified atom stereocenters. The van der Waals surface area contributed by atoms with Gasteiger partial charge in [-0.15, -0.1) is 0 Å². The van der Waals surface area contributed by atoms with Crippen LogP contribution in [0.15, 0.2) is 0 Å². The van der Waals surface area contributed by atoms with Crippen LogP contribution in [0.3, 0.4) is 0 Å². The summed E-state index contributed by atoms with van der Waals surface area (Å²) in [5.74, 6) is 0.438. The second-order valence-electron chi connectivity index (χ2n) is 6.73. The van der Waals surface area contributed by atoms with Crippen molar-refractivity contribution in [2.24, 2.45) is 22.2 Å². The average molecular weight is 288 g/mol. The van der Waals surface area contributed by atoms with Gasteiger partial charge in [-0.05, 0) is 29.1 Å². The van der Waals surface area contributed by atoms with Gasteiger partial charge in [0, 0.05) is 17.8 Å². The van der Waals surface area contributed by atoms with Crippen LogP contribution in [0.5, 0.6) is 0 Å². The van der Waals surface area contributed by atoms with Crippen LogP contribution >= 0.6 is 15.9 Å². The van der Waals surface area contributed by atoms with Gasteiger partial charge in [0.1, 0.15) is 0 Å². The van der Waals surface area contributed by atoms with Gasteiger partial charge in [-0.1, -0.05) is 43.6 Å². The van der Waals surface area contributed by atoms with E-state index < -0.39 is 0 Å². The van der Waals surface area contributed by atoms with Crippen LogP contribution in [0.25, 0.3) is 0 Å². The highest BCUT2D eigenvalue weighted by atomic mass is 79.9. The largest absolute Gasteiger partial charge is 0.355 e. The maximum atomic E-state index is 12.1. The van der Waals surface area contributed by atoms with Crippen LogP contribution in [0, 0.1) is 22.2 Å². The van der Waals surface area contributed by atoms with Gasteiger partial charge in [0.15, 0.2) is 0 Å². The Morgan fingerprint density at radius 3 is 2.06 bits per heavy atom. The Labute approximate surface area is 107 Å². The Morgan fingerprint density at radius 1 is 1.25 bits per heavy atom.